The Morgan fingerprint density at radius 2 is 2.17 bits per heavy atom. The molecule has 5 nitrogen and oxygen atoms in total. The minimum absolute atomic E-state index is 0.0841. The average Bonchev–Trinajstić information content (AvgIpc) is 2.34. The molecule has 0 saturated heterocycles. The van der Waals surface area contributed by atoms with E-state index in [9.17, 15) is 9.59 Å². The Morgan fingerprint density at radius 1 is 1.50 bits per heavy atom. The Bertz CT molecular complexity index is 449. The highest BCUT2D eigenvalue weighted by Gasteiger charge is 2.22. The first kappa shape index (κ1) is 14.5. The smallest absolute Gasteiger partial charge is 0.257 e. The number of thioether (sulfide) groups is 1. The summed E-state index contributed by atoms with van der Waals surface area (Å²) < 4.78 is 0. The van der Waals surface area contributed by atoms with Crippen LogP contribution in [0.1, 0.15) is 24.2 Å². The van der Waals surface area contributed by atoms with Crippen LogP contribution in [0, 0.1) is 0 Å². The number of primary amides is 1. The van der Waals surface area contributed by atoms with E-state index in [0.29, 0.717) is 10.6 Å². The lowest BCUT2D eigenvalue weighted by molar-refractivity contribution is -0.119. The van der Waals surface area contributed by atoms with E-state index in [-0.39, 0.29) is 18.5 Å². The van der Waals surface area contributed by atoms with E-state index in [1.165, 1.54) is 16.7 Å². The van der Waals surface area contributed by atoms with E-state index in [1.807, 2.05) is 20.1 Å². The van der Waals surface area contributed by atoms with Gasteiger partial charge >= 0.3 is 0 Å². The van der Waals surface area contributed by atoms with Gasteiger partial charge in [0.05, 0.1) is 12.1 Å². The molecule has 1 aromatic rings. The number of carbonyl (C=O) groups is 2. The maximum absolute atomic E-state index is 12.4. The molecular weight excluding hydrogens is 250 g/mol. The summed E-state index contributed by atoms with van der Waals surface area (Å²) in [5, 5.41) is 0.651. The highest BCUT2D eigenvalue weighted by molar-refractivity contribution is 7.98. The predicted octanol–water partition coefficient (Wildman–Crippen LogP) is 1.14. The van der Waals surface area contributed by atoms with Gasteiger partial charge in [0, 0.05) is 12.2 Å². The number of amides is 2. The molecule has 1 heterocycles. The Hall–Kier alpha value is -1.56. The molecule has 0 saturated carbocycles. The molecule has 0 atom stereocenters. The van der Waals surface area contributed by atoms with Gasteiger partial charge in [0.15, 0.2) is 0 Å². The van der Waals surface area contributed by atoms with Crippen LogP contribution in [0.2, 0.25) is 0 Å². The Labute approximate surface area is 111 Å². The van der Waals surface area contributed by atoms with Crippen molar-refractivity contribution in [3.63, 3.8) is 0 Å². The van der Waals surface area contributed by atoms with Crippen molar-refractivity contribution < 1.29 is 9.59 Å². The van der Waals surface area contributed by atoms with Crippen LogP contribution in [-0.2, 0) is 4.79 Å². The molecular formula is C12H17N3O2S. The molecule has 0 unspecified atom stereocenters. The van der Waals surface area contributed by atoms with E-state index < -0.39 is 5.91 Å². The fourth-order valence-corrected chi connectivity index (χ4v) is 2.07. The first-order valence-electron chi connectivity index (χ1n) is 5.55. The highest BCUT2D eigenvalue weighted by atomic mass is 32.2. The van der Waals surface area contributed by atoms with Gasteiger partial charge in [-0.1, -0.05) is 0 Å². The fraction of sp³-hybridized carbons (Fsp3) is 0.417. The largest absolute Gasteiger partial charge is 0.368 e. The molecule has 0 aliphatic heterocycles. The van der Waals surface area contributed by atoms with Crippen molar-refractivity contribution in [1.29, 1.82) is 0 Å². The lowest BCUT2D eigenvalue weighted by Gasteiger charge is -2.25. The van der Waals surface area contributed by atoms with Crippen LogP contribution >= 0.6 is 11.8 Å². The third kappa shape index (κ3) is 3.46. The van der Waals surface area contributed by atoms with Crippen molar-refractivity contribution >= 4 is 23.6 Å². The van der Waals surface area contributed by atoms with Crippen molar-refractivity contribution in [2.75, 3.05) is 12.8 Å². The third-order valence-corrected chi connectivity index (χ3v) is 3.12. The normalized spacial score (nSPS) is 10.4. The van der Waals surface area contributed by atoms with Crippen LogP contribution in [0.4, 0.5) is 0 Å². The van der Waals surface area contributed by atoms with Gasteiger partial charge in [0.1, 0.15) is 5.03 Å². The van der Waals surface area contributed by atoms with Crippen molar-refractivity contribution in [3.05, 3.63) is 23.9 Å². The topological polar surface area (TPSA) is 76.3 Å². The average molecular weight is 267 g/mol. The molecule has 18 heavy (non-hydrogen) atoms. The molecule has 0 radical (unpaired) electrons. The summed E-state index contributed by atoms with van der Waals surface area (Å²) in [5.41, 5.74) is 5.66. The zero-order chi connectivity index (χ0) is 13.7. The van der Waals surface area contributed by atoms with Gasteiger partial charge in [-0.05, 0) is 32.2 Å². The maximum atomic E-state index is 12.4. The molecule has 0 spiro atoms. The lowest BCUT2D eigenvalue weighted by Crippen LogP contribution is -2.43. The van der Waals surface area contributed by atoms with Gasteiger partial charge in [0.25, 0.3) is 5.91 Å². The lowest BCUT2D eigenvalue weighted by atomic mass is 10.2. The van der Waals surface area contributed by atoms with Crippen LogP contribution in [0.5, 0.6) is 0 Å². The number of pyridine rings is 1. The van der Waals surface area contributed by atoms with Crippen LogP contribution < -0.4 is 5.73 Å². The van der Waals surface area contributed by atoms with Gasteiger partial charge in [-0.2, -0.15) is 0 Å². The Balaban J connectivity index is 3.05. The van der Waals surface area contributed by atoms with Crippen molar-refractivity contribution in [3.8, 4) is 0 Å². The molecule has 2 amide bonds. The van der Waals surface area contributed by atoms with Crippen molar-refractivity contribution in [2.45, 2.75) is 24.9 Å². The monoisotopic (exact) mass is 267 g/mol. The summed E-state index contributed by atoms with van der Waals surface area (Å²) in [7, 11) is 0. The molecule has 1 aromatic heterocycles. The van der Waals surface area contributed by atoms with E-state index >= 15 is 0 Å². The number of aromatic nitrogens is 1. The molecule has 0 aliphatic rings. The number of hydrogen-bond donors (Lipinski definition) is 1. The van der Waals surface area contributed by atoms with E-state index in [0.717, 1.165) is 0 Å². The number of nitrogens with zero attached hydrogens (tertiary/aromatic N) is 2. The maximum Gasteiger partial charge on any atom is 0.257 e. The minimum Gasteiger partial charge on any atom is -0.368 e. The minimum atomic E-state index is -0.522. The Kier molecular flexibility index (Phi) is 5.15. The SMILES string of the molecule is CSc1ncccc1C(=O)N(CC(N)=O)C(C)C. The standard InChI is InChI=1S/C12H17N3O2S/c1-8(2)15(7-10(13)16)12(17)9-5-4-6-14-11(9)18-3/h4-6,8H,7H2,1-3H3,(H2,13,16). The molecule has 0 aliphatic carbocycles. The van der Waals surface area contributed by atoms with Crippen molar-refractivity contribution in [1.82, 2.24) is 9.88 Å². The molecule has 0 bridgehead atoms. The van der Waals surface area contributed by atoms with E-state index in [4.69, 9.17) is 5.73 Å². The fourth-order valence-electron chi connectivity index (χ4n) is 1.53. The number of nitrogens with two attached hydrogens (primary N) is 1. The first-order chi connectivity index (χ1) is 8.47. The number of rotatable bonds is 5. The van der Waals surface area contributed by atoms with Gasteiger partial charge in [-0.15, -0.1) is 11.8 Å². The van der Waals surface area contributed by atoms with Crippen LogP contribution in [-0.4, -0.2) is 40.5 Å². The number of hydrogen-bond acceptors (Lipinski definition) is 4. The van der Waals surface area contributed by atoms with Crippen molar-refractivity contribution in [2.24, 2.45) is 5.73 Å². The van der Waals surface area contributed by atoms with Crippen LogP contribution in [0.25, 0.3) is 0 Å². The summed E-state index contributed by atoms with van der Waals surface area (Å²) in [6.45, 7) is 3.60. The second-order valence-corrected chi connectivity index (χ2v) is 4.85. The first-order valence-corrected chi connectivity index (χ1v) is 6.78. The zero-order valence-electron chi connectivity index (χ0n) is 10.7. The van der Waals surface area contributed by atoms with E-state index in [2.05, 4.69) is 4.98 Å². The molecule has 1 rings (SSSR count). The van der Waals surface area contributed by atoms with E-state index in [1.54, 1.807) is 18.3 Å². The predicted molar refractivity (Wildman–Crippen MR) is 71.4 cm³/mol. The zero-order valence-corrected chi connectivity index (χ0v) is 11.5. The quantitative estimate of drug-likeness (QED) is 0.812. The summed E-state index contributed by atoms with van der Waals surface area (Å²) >= 11 is 1.40. The van der Waals surface area contributed by atoms with Crippen LogP contribution in [0.15, 0.2) is 23.4 Å². The second kappa shape index (κ2) is 6.39. The second-order valence-electron chi connectivity index (χ2n) is 4.05. The number of carbonyl (C=O) groups excluding carboxylic acids is 2. The molecule has 2 N–H and O–H groups in total. The van der Waals surface area contributed by atoms with Gasteiger partial charge < -0.3 is 10.6 Å². The van der Waals surface area contributed by atoms with Gasteiger partial charge in [0.2, 0.25) is 5.91 Å². The summed E-state index contributed by atoms with van der Waals surface area (Å²) in [6.07, 6.45) is 3.49. The van der Waals surface area contributed by atoms with Gasteiger partial charge in [-0.3, -0.25) is 9.59 Å². The summed E-state index contributed by atoms with van der Waals surface area (Å²) in [5.74, 6) is -0.743. The summed E-state index contributed by atoms with van der Waals surface area (Å²) in [6, 6.07) is 3.31. The molecule has 98 valence electrons. The third-order valence-electron chi connectivity index (χ3n) is 2.41. The highest BCUT2D eigenvalue weighted by Crippen LogP contribution is 2.19. The molecule has 0 aromatic carbocycles. The summed E-state index contributed by atoms with van der Waals surface area (Å²) in [4.78, 5) is 29.0. The van der Waals surface area contributed by atoms with Gasteiger partial charge in [-0.25, -0.2) is 4.98 Å². The molecule has 0 fully saturated rings. The van der Waals surface area contributed by atoms with Crippen LogP contribution in [0.3, 0.4) is 0 Å². The molecule has 6 heteroatoms. The Morgan fingerprint density at radius 3 is 2.67 bits per heavy atom.